The molecule has 1 heteroatoms. The van der Waals surface area contributed by atoms with Gasteiger partial charge in [0.2, 0.25) is 0 Å². The Morgan fingerprint density at radius 1 is 0.733 bits per heavy atom. The van der Waals surface area contributed by atoms with Gasteiger partial charge >= 0.3 is 0 Å². The van der Waals surface area contributed by atoms with E-state index >= 15 is 0 Å². The minimum Gasteiger partial charge on any atom is -0.0682 e. The van der Waals surface area contributed by atoms with Crippen molar-refractivity contribution in [2.45, 2.75) is 81.8 Å². The monoisotopic (exact) mass is 203 g/mol. The van der Waals surface area contributed by atoms with Crippen LogP contribution in [0.15, 0.2) is 0 Å². The van der Waals surface area contributed by atoms with E-state index in [9.17, 15) is 0 Å². The third-order valence-corrected chi connectivity index (χ3v) is 5.42. The first-order valence-corrected chi connectivity index (χ1v) is 7.25. The molecule has 0 amide bonds. The lowest BCUT2D eigenvalue weighted by Gasteiger charge is -2.51. The van der Waals surface area contributed by atoms with Crippen molar-refractivity contribution in [2.75, 3.05) is 0 Å². The third-order valence-electron chi connectivity index (χ3n) is 5.42. The summed E-state index contributed by atoms with van der Waals surface area (Å²) in [6, 6.07) is 0. The van der Waals surface area contributed by atoms with Crippen LogP contribution < -0.4 is 0 Å². The summed E-state index contributed by atoms with van der Waals surface area (Å²) in [7, 11) is 2.83. The highest BCUT2D eigenvalue weighted by Gasteiger charge is 2.44. The molecule has 0 spiro atoms. The Kier molecular flexibility index (Phi) is 2.83. The third kappa shape index (κ3) is 1.87. The molecule has 0 N–H and O–H groups in total. The largest absolute Gasteiger partial charge is 0.122 e. The van der Waals surface area contributed by atoms with Crippen LogP contribution in [-0.2, 0) is 0 Å². The molecule has 0 aromatic heterocycles. The normalized spacial score (nSPS) is 42.3. The standard InChI is InChI=1S/C14H24B/c1-2-6-12(7-3-1)14-10-4-8-13(15-14)9-5-11-14/h12-13H,1-11H2. The molecule has 0 unspecified atom stereocenters. The van der Waals surface area contributed by atoms with Crippen LogP contribution in [0, 0.1) is 5.92 Å². The van der Waals surface area contributed by atoms with Gasteiger partial charge in [0.25, 0.3) is 0 Å². The van der Waals surface area contributed by atoms with Gasteiger partial charge in [0, 0.05) is 0 Å². The fourth-order valence-corrected chi connectivity index (χ4v) is 4.68. The lowest BCUT2D eigenvalue weighted by Crippen LogP contribution is -2.39. The Balaban J connectivity index is 1.74. The fourth-order valence-electron chi connectivity index (χ4n) is 4.68. The second-order valence-corrected chi connectivity index (χ2v) is 6.28. The number of rotatable bonds is 1. The van der Waals surface area contributed by atoms with E-state index in [-0.39, 0.29) is 0 Å². The van der Waals surface area contributed by atoms with E-state index in [1.807, 2.05) is 0 Å². The molecule has 3 fully saturated rings. The molecule has 0 aromatic carbocycles. The molecule has 0 atom stereocenters. The summed E-state index contributed by atoms with van der Waals surface area (Å²) in [5, 5.41) is 0.724. The van der Waals surface area contributed by atoms with Gasteiger partial charge in [-0.05, 0) is 5.92 Å². The Morgan fingerprint density at radius 2 is 1.40 bits per heavy atom. The Morgan fingerprint density at radius 3 is 2.07 bits per heavy atom. The molecular formula is C14H24B. The van der Waals surface area contributed by atoms with Crippen LogP contribution in [0.4, 0.5) is 0 Å². The zero-order valence-corrected chi connectivity index (χ0v) is 10.0. The first-order valence-electron chi connectivity index (χ1n) is 7.25. The van der Waals surface area contributed by atoms with Gasteiger partial charge in [0.05, 0.1) is 0 Å². The van der Waals surface area contributed by atoms with Crippen LogP contribution in [0.5, 0.6) is 0 Å². The van der Waals surface area contributed by atoms with Crippen molar-refractivity contribution >= 4 is 7.28 Å². The van der Waals surface area contributed by atoms with Gasteiger partial charge in [-0.15, -0.1) is 0 Å². The van der Waals surface area contributed by atoms with Crippen LogP contribution in [0.25, 0.3) is 0 Å². The topological polar surface area (TPSA) is 0 Å². The maximum atomic E-state index is 2.83. The number of fused-ring (bicyclic) bond motifs is 2. The average Bonchev–Trinajstić information content (AvgIpc) is 2.30. The molecule has 0 nitrogen and oxygen atoms in total. The Hall–Kier alpha value is 0.0649. The summed E-state index contributed by atoms with van der Waals surface area (Å²) >= 11 is 0. The van der Waals surface area contributed by atoms with Gasteiger partial charge in [0.15, 0.2) is 0 Å². The molecule has 1 radical (unpaired) electrons. The Bertz CT molecular complexity index is 207. The first kappa shape index (κ1) is 10.2. The molecule has 1 aliphatic carbocycles. The highest BCUT2D eigenvalue weighted by Crippen LogP contribution is 2.58. The van der Waals surface area contributed by atoms with E-state index in [0.717, 1.165) is 17.0 Å². The molecular weight excluding hydrogens is 179 g/mol. The zero-order valence-electron chi connectivity index (χ0n) is 10.0. The SMILES string of the molecule is [B]1C2CCCC1(C1CCCCC1)CCC2. The quantitative estimate of drug-likeness (QED) is 0.547. The molecule has 2 aliphatic heterocycles. The average molecular weight is 203 g/mol. The maximum Gasteiger partial charge on any atom is 0.122 e. The summed E-state index contributed by atoms with van der Waals surface area (Å²) in [6.45, 7) is 0. The zero-order chi connectivity index (χ0) is 10.1. The summed E-state index contributed by atoms with van der Waals surface area (Å²) in [5.74, 6) is 2.09. The predicted molar refractivity (Wildman–Crippen MR) is 66.5 cm³/mol. The van der Waals surface area contributed by atoms with Gasteiger partial charge in [0.1, 0.15) is 7.28 Å². The molecule has 0 aromatic rings. The Labute approximate surface area is 95.5 Å². The van der Waals surface area contributed by atoms with Crippen molar-refractivity contribution in [1.29, 1.82) is 0 Å². The van der Waals surface area contributed by atoms with Crippen LogP contribution in [0.3, 0.4) is 0 Å². The van der Waals surface area contributed by atoms with Gasteiger partial charge < -0.3 is 0 Å². The van der Waals surface area contributed by atoms with Gasteiger partial charge in [-0.3, -0.25) is 0 Å². The molecule has 83 valence electrons. The molecule has 2 bridgehead atoms. The first-order chi connectivity index (χ1) is 7.39. The number of hydrogen-bond acceptors (Lipinski definition) is 0. The summed E-state index contributed by atoms with van der Waals surface area (Å²) in [6.07, 6.45) is 16.8. The van der Waals surface area contributed by atoms with Gasteiger partial charge in [-0.1, -0.05) is 81.8 Å². The smallest absolute Gasteiger partial charge is 0.0682 e. The molecule has 3 aliphatic rings. The van der Waals surface area contributed by atoms with Crippen LogP contribution in [-0.4, -0.2) is 7.28 Å². The molecule has 15 heavy (non-hydrogen) atoms. The molecule has 1 saturated carbocycles. The lowest BCUT2D eigenvalue weighted by atomic mass is 9.32. The molecule has 3 rings (SSSR count). The van der Waals surface area contributed by atoms with E-state index in [0.29, 0.717) is 0 Å². The van der Waals surface area contributed by atoms with Crippen molar-refractivity contribution in [3.8, 4) is 0 Å². The van der Waals surface area contributed by atoms with Crippen LogP contribution in [0.1, 0.15) is 70.6 Å². The van der Waals surface area contributed by atoms with Crippen molar-refractivity contribution in [3.05, 3.63) is 0 Å². The van der Waals surface area contributed by atoms with E-state index in [4.69, 9.17) is 0 Å². The summed E-state index contributed by atoms with van der Waals surface area (Å²) in [5.41, 5.74) is 0. The van der Waals surface area contributed by atoms with Crippen molar-refractivity contribution in [2.24, 2.45) is 5.92 Å². The summed E-state index contributed by atoms with van der Waals surface area (Å²) in [4.78, 5) is 0. The highest BCUT2D eigenvalue weighted by atomic mass is 14.4. The van der Waals surface area contributed by atoms with E-state index < -0.39 is 0 Å². The number of hydrogen-bond donors (Lipinski definition) is 0. The minimum absolute atomic E-state index is 0.724. The fraction of sp³-hybridized carbons (Fsp3) is 1.00. The van der Waals surface area contributed by atoms with Gasteiger partial charge in [-0.2, -0.15) is 0 Å². The maximum absolute atomic E-state index is 2.83. The van der Waals surface area contributed by atoms with E-state index in [1.165, 1.54) is 57.8 Å². The molecule has 2 heterocycles. The summed E-state index contributed by atoms with van der Waals surface area (Å²) < 4.78 is 0. The predicted octanol–water partition coefficient (Wildman–Crippen LogP) is 4.59. The lowest BCUT2D eigenvalue weighted by molar-refractivity contribution is 0.202. The van der Waals surface area contributed by atoms with Crippen LogP contribution >= 0.6 is 0 Å². The van der Waals surface area contributed by atoms with Crippen molar-refractivity contribution in [3.63, 3.8) is 0 Å². The second kappa shape index (κ2) is 4.15. The second-order valence-electron chi connectivity index (χ2n) is 6.28. The van der Waals surface area contributed by atoms with E-state index in [1.54, 1.807) is 12.8 Å². The molecule has 2 saturated heterocycles. The minimum atomic E-state index is 0.724. The van der Waals surface area contributed by atoms with Crippen molar-refractivity contribution in [1.82, 2.24) is 0 Å². The van der Waals surface area contributed by atoms with Gasteiger partial charge in [-0.25, -0.2) is 0 Å². The van der Waals surface area contributed by atoms with Crippen LogP contribution in [0.2, 0.25) is 11.1 Å². The highest BCUT2D eigenvalue weighted by molar-refractivity contribution is 6.42. The van der Waals surface area contributed by atoms with Crippen molar-refractivity contribution < 1.29 is 0 Å². The van der Waals surface area contributed by atoms with E-state index in [2.05, 4.69) is 7.28 Å².